The molecule has 0 aliphatic rings. The number of aromatic hydroxyl groups is 1. The first-order valence-electron chi connectivity index (χ1n) is 5.19. The van der Waals surface area contributed by atoms with Gasteiger partial charge in [-0.2, -0.15) is 5.10 Å². The quantitative estimate of drug-likeness (QED) is 0.502. The Balaban J connectivity index is 2.13. The third-order valence-electron chi connectivity index (χ3n) is 2.27. The largest absolute Gasteiger partial charge is 0.504 e. The Labute approximate surface area is 117 Å². The molecule has 0 heterocycles. The first-order valence-corrected chi connectivity index (χ1v) is 6.27. The Morgan fingerprint density at radius 2 is 1.89 bits per heavy atom. The van der Waals surface area contributed by atoms with Gasteiger partial charge in [0.05, 0.1) is 15.5 Å². The molecule has 2 aromatic carbocycles. The van der Waals surface area contributed by atoms with Crippen molar-refractivity contribution >= 4 is 34.5 Å². The Kier molecular flexibility index (Phi) is 4.14. The molecule has 92 valence electrons. The molecule has 0 atom stereocenters. The molecule has 0 aromatic heterocycles. The van der Waals surface area contributed by atoms with Gasteiger partial charge < -0.3 is 5.11 Å². The van der Waals surface area contributed by atoms with Gasteiger partial charge in [-0.25, -0.2) is 4.39 Å². The summed E-state index contributed by atoms with van der Waals surface area (Å²) < 4.78 is 13.8. The summed E-state index contributed by atoms with van der Waals surface area (Å²) in [5.74, 6) is -1.01. The van der Waals surface area contributed by atoms with E-state index in [2.05, 4.69) is 10.5 Å². The van der Waals surface area contributed by atoms with Gasteiger partial charge in [0.15, 0.2) is 11.6 Å². The highest BCUT2D eigenvalue weighted by molar-refractivity contribution is 14.1. The molecule has 0 saturated heterocycles. The highest BCUT2D eigenvalue weighted by Gasteiger charge is 2.08. The van der Waals surface area contributed by atoms with Crippen molar-refractivity contribution in [3.8, 4) is 5.75 Å². The molecule has 18 heavy (non-hydrogen) atoms. The zero-order valence-electron chi connectivity index (χ0n) is 9.27. The van der Waals surface area contributed by atoms with Crippen molar-refractivity contribution in [1.29, 1.82) is 0 Å². The van der Waals surface area contributed by atoms with Crippen LogP contribution in [0.4, 0.5) is 10.1 Å². The molecule has 0 saturated carbocycles. The summed E-state index contributed by atoms with van der Waals surface area (Å²) in [7, 11) is 0. The first kappa shape index (κ1) is 12.8. The topological polar surface area (TPSA) is 44.6 Å². The van der Waals surface area contributed by atoms with E-state index in [9.17, 15) is 9.50 Å². The third-order valence-corrected chi connectivity index (χ3v) is 3.10. The standard InChI is InChI=1S/C13H10FIN2O/c14-12-11(15)7-6-9(13(12)18)8-16-17-10-4-2-1-3-5-10/h1-8,17-18H. The highest BCUT2D eigenvalue weighted by atomic mass is 127. The van der Waals surface area contributed by atoms with Crippen molar-refractivity contribution < 1.29 is 9.50 Å². The fraction of sp³-hybridized carbons (Fsp3) is 0. The molecule has 0 spiro atoms. The van der Waals surface area contributed by atoms with Crippen LogP contribution in [0, 0.1) is 9.39 Å². The van der Waals surface area contributed by atoms with Gasteiger partial charge in [0.25, 0.3) is 0 Å². The lowest BCUT2D eigenvalue weighted by Gasteiger charge is -2.02. The average molecular weight is 356 g/mol. The molecule has 3 nitrogen and oxygen atoms in total. The highest BCUT2D eigenvalue weighted by Crippen LogP contribution is 2.24. The van der Waals surface area contributed by atoms with Gasteiger partial charge in [0.2, 0.25) is 0 Å². The molecule has 2 rings (SSSR count). The number of para-hydroxylation sites is 1. The molecule has 0 radical (unpaired) electrons. The molecule has 0 bridgehead atoms. The number of anilines is 1. The van der Waals surface area contributed by atoms with Crippen molar-refractivity contribution in [2.24, 2.45) is 5.10 Å². The Hall–Kier alpha value is -1.63. The fourth-order valence-corrected chi connectivity index (χ4v) is 1.78. The number of phenols is 1. The van der Waals surface area contributed by atoms with Crippen molar-refractivity contribution in [3.63, 3.8) is 0 Å². The minimum absolute atomic E-state index is 0.330. The molecule has 0 unspecified atom stereocenters. The summed E-state index contributed by atoms with van der Waals surface area (Å²) in [5.41, 5.74) is 3.94. The summed E-state index contributed by atoms with van der Waals surface area (Å²) in [6.07, 6.45) is 1.38. The minimum Gasteiger partial charge on any atom is -0.504 e. The Morgan fingerprint density at radius 1 is 1.17 bits per heavy atom. The molecular formula is C13H10FIN2O. The molecular weight excluding hydrogens is 346 g/mol. The number of rotatable bonds is 3. The molecule has 0 aliphatic heterocycles. The molecule has 0 amide bonds. The van der Waals surface area contributed by atoms with Crippen LogP contribution in [0.1, 0.15) is 5.56 Å². The van der Waals surface area contributed by atoms with Crippen LogP contribution >= 0.6 is 22.6 Å². The third kappa shape index (κ3) is 2.98. The second kappa shape index (κ2) is 5.81. The van der Waals surface area contributed by atoms with Crippen LogP contribution in [0.25, 0.3) is 0 Å². The van der Waals surface area contributed by atoms with E-state index in [1.54, 1.807) is 12.1 Å². The molecule has 2 N–H and O–H groups in total. The monoisotopic (exact) mass is 356 g/mol. The lowest BCUT2D eigenvalue weighted by Crippen LogP contribution is -1.93. The van der Waals surface area contributed by atoms with Gasteiger partial charge in [0, 0.05) is 5.56 Å². The zero-order valence-corrected chi connectivity index (χ0v) is 11.4. The molecule has 0 aliphatic carbocycles. The van der Waals surface area contributed by atoms with E-state index in [1.165, 1.54) is 6.21 Å². The maximum atomic E-state index is 13.4. The molecule has 0 fully saturated rings. The lowest BCUT2D eigenvalue weighted by molar-refractivity contribution is 0.429. The van der Waals surface area contributed by atoms with E-state index in [0.717, 1.165) is 5.69 Å². The van der Waals surface area contributed by atoms with Crippen molar-refractivity contribution in [2.75, 3.05) is 5.43 Å². The lowest BCUT2D eigenvalue weighted by atomic mass is 10.2. The van der Waals surface area contributed by atoms with Crippen LogP contribution in [0.15, 0.2) is 47.6 Å². The van der Waals surface area contributed by atoms with E-state index in [4.69, 9.17) is 0 Å². The van der Waals surface area contributed by atoms with Gasteiger partial charge in [-0.15, -0.1) is 0 Å². The number of nitrogens with one attached hydrogen (secondary N) is 1. The number of benzene rings is 2. The SMILES string of the molecule is Oc1c(C=NNc2ccccc2)ccc(I)c1F. The van der Waals surface area contributed by atoms with Crippen molar-refractivity contribution in [2.45, 2.75) is 0 Å². The summed E-state index contributed by atoms with van der Waals surface area (Å²) in [6, 6.07) is 12.5. The predicted molar refractivity (Wildman–Crippen MR) is 78.4 cm³/mol. The number of halogens is 2. The van der Waals surface area contributed by atoms with Crippen LogP contribution in [0.5, 0.6) is 5.75 Å². The Bertz CT molecular complexity index is 573. The van der Waals surface area contributed by atoms with Gasteiger partial charge in [-0.1, -0.05) is 18.2 Å². The van der Waals surface area contributed by atoms with E-state index < -0.39 is 5.82 Å². The van der Waals surface area contributed by atoms with E-state index in [-0.39, 0.29) is 5.75 Å². The Morgan fingerprint density at radius 3 is 2.61 bits per heavy atom. The normalized spacial score (nSPS) is 10.8. The predicted octanol–water partition coefficient (Wildman–Crippen LogP) is 3.58. The minimum atomic E-state index is -0.626. The van der Waals surface area contributed by atoms with Crippen LogP contribution in [0.2, 0.25) is 0 Å². The summed E-state index contributed by atoms with van der Waals surface area (Å²) in [5, 5.41) is 13.5. The van der Waals surface area contributed by atoms with E-state index in [1.807, 2.05) is 52.9 Å². The maximum absolute atomic E-state index is 13.4. The number of phenolic OH excluding ortho intramolecular Hbond substituents is 1. The van der Waals surface area contributed by atoms with Crippen LogP contribution < -0.4 is 5.43 Å². The van der Waals surface area contributed by atoms with Crippen molar-refractivity contribution in [3.05, 3.63) is 57.4 Å². The second-order valence-corrected chi connectivity index (χ2v) is 4.70. The fourth-order valence-electron chi connectivity index (χ4n) is 1.35. The van der Waals surface area contributed by atoms with Crippen LogP contribution in [-0.4, -0.2) is 11.3 Å². The van der Waals surface area contributed by atoms with Crippen LogP contribution in [0.3, 0.4) is 0 Å². The summed E-state index contributed by atoms with van der Waals surface area (Å²) >= 11 is 1.82. The van der Waals surface area contributed by atoms with Crippen molar-refractivity contribution in [1.82, 2.24) is 0 Å². The number of hydrogen-bond acceptors (Lipinski definition) is 3. The van der Waals surface area contributed by atoms with E-state index >= 15 is 0 Å². The van der Waals surface area contributed by atoms with Gasteiger partial charge in [0.1, 0.15) is 0 Å². The van der Waals surface area contributed by atoms with Gasteiger partial charge >= 0.3 is 0 Å². The number of hydrogen-bond donors (Lipinski definition) is 2. The number of hydrazone groups is 1. The molecule has 5 heteroatoms. The summed E-state index contributed by atoms with van der Waals surface area (Å²) in [6.45, 7) is 0. The van der Waals surface area contributed by atoms with Crippen LogP contribution in [-0.2, 0) is 0 Å². The van der Waals surface area contributed by atoms with E-state index in [0.29, 0.717) is 9.13 Å². The smallest absolute Gasteiger partial charge is 0.178 e. The van der Waals surface area contributed by atoms with Gasteiger partial charge in [-0.3, -0.25) is 5.43 Å². The zero-order chi connectivity index (χ0) is 13.0. The average Bonchev–Trinajstić information content (AvgIpc) is 2.40. The summed E-state index contributed by atoms with van der Waals surface area (Å²) in [4.78, 5) is 0. The number of nitrogens with zero attached hydrogens (tertiary/aromatic N) is 1. The van der Waals surface area contributed by atoms with Gasteiger partial charge in [-0.05, 0) is 46.9 Å². The first-order chi connectivity index (χ1) is 8.68. The second-order valence-electron chi connectivity index (χ2n) is 3.54. The molecule has 2 aromatic rings. The maximum Gasteiger partial charge on any atom is 0.178 e.